The van der Waals surface area contributed by atoms with Crippen molar-refractivity contribution in [3.05, 3.63) is 68.5 Å². The lowest BCUT2D eigenvalue weighted by atomic mass is 9.73. The molecule has 0 saturated carbocycles. The lowest BCUT2D eigenvalue weighted by Crippen LogP contribution is -2.36. The van der Waals surface area contributed by atoms with Crippen molar-refractivity contribution in [2.75, 3.05) is 5.32 Å². The van der Waals surface area contributed by atoms with Crippen molar-refractivity contribution >= 4 is 46.4 Å². The van der Waals surface area contributed by atoms with Crippen LogP contribution in [0.15, 0.2) is 58.2 Å². The molecule has 8 heteroatoms. The fourth-order valence-corrected chi connectivity index (χ4v) is 6.05. The number of Topliss-reactive ketones (excluding diaryl/α,β-unsaturated/α-hetero) is 1. The predicted octanol–water partition coefficient (Wildman–Crippen LogP) is 5.94. The average molecular weight is 457 g/mol. The van der Waals surface area contributed by atoms with E-state index in [0.29, 0.717) is 23.3 Å². The second-order valence-electron chi connectivity index (χ2n) is 8.42. The highest BCUT2D eigenvalue weighted by Gasteiger charge is 2.42. The Morgan fingerprint density at radius 1 is 1.27 bits per heavy atom. The van der Waals surface area contributed by atoms with Crippen LogP contribution in [0.5, 0.6) is 0 Å². The first-order valence-electron chi connectivity index (χ1n) is 9.81. The van der Waals surface area contributed by atoms with E-state index >= 15 is 0 Å². The lowest BCUT2D eigenvalue weighted by Gasteiger charge is -2.37. The number of ketones is 1. The van der Waals surface area contributed by atoms with Crippen LogP contribution < -0.4 is 5.32 Å². The second kappa shape index (κ2) is 7.55. The van der Waals surface area contributed by atoms with Crippen LogP contribution in [0.3, 0.4) is 0 Å². The fourth-order valence-electron chi connectivity index (χ4n) is 4.12. The molecule has 1 aliphatic heterocycles. The summed E-state index contributed by atoms with van der Waals surface area (Å²) in [5.74, 6) is 1.57. The van der Waals surface area contributed by atoms with Gasteiger partial charge in [-0.15, -0.1) is 16.4 Å². The number of nitrogens with one attached hydrogen (secondary N) is 1. The number of carbonyl (C=O) groups is 1. The van der Waals surface area contributed by atoms with Gasteiger partial charge in [-0.05, 0) is 34.9 Å². The minimum atomic E-state index is -0.220. The normalized spacial score (nSPS) is 20.0. The number of anilines is 1. The molecule has 1 atom stereocenters. The number of thioether (sulfide) groups is 1. The van der Waals surface area contributed by atoms with Crippen molar-refractivity contribution < 1.29 is 4.79 Å². The summed E-state index contributed by atoms with van der Waals surface area (Å²) < 4.78 is 1.87. The first-order valence-corrected chi connectivity index (χ1v) is 12.0. The molecule has 3 heterocycles. The van der Waals surface area contributed by atoms with Crippen LogP contribution in [0.25, 0.3) is 0 Å². The number of nitrogens with zero attached hydrogens (tertiary/aromatic N) is 3. The number of thiophene rings is 1. The van der Waals surface area contributed by atoms with Gasteiger partial charge in [0.1, 0.15) is 6.04 Å². The molecule has 0 radical (unpaired) electrons. The van der Waals surface area contributed by atoms with Crippen molar-refractivity contribution in [1.29, 1.82) is 0 Å². The molecule has 2 aliphatic rings. The second-order valence-corrected chi connectivity index (χ2v) is 10.7. The minimum absolute atomic E-state index is 0.0628. The SMILES string of the molecule is CC1(C)CC(=O)C2=C(C1)Nc1nc(SCc3ccccc3Cl)nn1C2c1cccs1. The Morgan fingerprint density at radius 3 is 2.87 bits per heavy atom. The summed E-state index contributed by atoms with van der Waals surface area (Å²) in [5, 5.41) is 11.7. The number of fused-ring (bicyclic) bond motifs is 1. The van der Waals surface area contributed by atoms with E-state index in [2.05, 4.69) is 25.2 Å². The van der Waals surface area contributed by atoms with Gasteiger partial charge in [0.15, 0.2) is 5.78 Å². The Bertz CT molecular complexity index is 1150. The van der Waals surface area contributed by atoms with Crippen molar-refractivity contribution in [3.8, 4) is 0 Å². The molecule has 3 aromatic rings. The van der Waals surface area contributed by atoms with E-state index in [0.717, 1.165) is 33.2 Å². The van der Waals surface area contributed by atoms with E-state index in [1.165, 1.54) is 0 Å². The van der Waals surface area contributed by atoms with Gasteiger partial charge in [-0.1, -0.05) is 61.5 Å². The number of aromatic nitrogens is 3. The third kappa shape index (κ3) is 3.59. The molecule has 5 nitrogen and oxygen atoms in total. The quantitative estimate of drug-likeness (QED) is 0.492. The summed E-state index contributed by atoms with van der Waals surface area (Å²) in [6, 6.07) is 11.7. The highest BCUT2D eigenvalue weighted by molar-refractivity contribution is 7.98. The van der Waals surface area contributed by atoms with Crippen LogP contribution in [-0.2, 0) is 10.5 Å². The summed E-state index contributed by atoms with van der Waals surface area (Å²) in [5.41, 5.74) is 2.80. The molecule has 30 heavy (non-hydrogen) atoms. The van der Waals surface area contributed by atoms with Gasteiger partial charge >= 0.3 is 0 Å². The maximum Gasteiger partial charge on any atom is 0.227 e. The number of benzene rings is 1. The van der Waals surface area contributed by atoms with E-state index in [-0.39, 0.29) is 17.2 Å². The lowest BCUT2D eigenvalue weighted by molar-refractivity contribution is -0.118. The minimum Gasteiger partial charge on any atom is -0.328 e. The van der Waals surface area contributed by atoms with Gasteiger partial charge in [0.25, 0.3) is 0 Å². The summed E-state index contributed by atoms with van der Waals surface area (Å²) in [6.07, 6.45) is 1.37. The van der Waals surface area contributed by atoms with Crippen LogP contribution in [0.2, 0.25) is 5.02 Å². The van der Waals surface area contributed by atoms with Gasteiger partial charge in [-0.3, -0.25) is 4.79 Å². The van der Waals surface area contributed by atoms with E-state index in [1.54, 1.807) is 23.1 Å². The van der Waals surface area contributed by atoms with E-state index in [4.69, 9.17) is 21.7 Å². The van der Waals surface area contributed by atoms with Gasteiger partial charge in [0.2, 0.25) is 11.1 Å². The zero-order chi connectivity index (χ0) is 20.9. The molecule has 0 saturated heterocycles. The van der Waals surface area contributed by atoms with Gasteiger partial charge < -0.3 is 5.32 Å². The largest absolute Gasteiger partial charge is 0.328 e. The van der Waals surface area contributed by atoms with Crippen molar-refractivity contribution in [3.63, 3.8) is 0 Å². The summed E-state index contributed by atoms with van der Waals surface area (Å²) in [7, 11) is 0. The maximum atomic E-state index is 13.1. The molecule has 0 amide bonds. The molecule has 5 rings (SSSR count). The van der Waals surface area contributed by atoms with Gasteiger partial charge in [-0.25, -0.2) is 4.68 Å². The molecule has 1 aliphatic carbocycles. The Balaban J connectivity index is 1.51. The Kier molecular flexibility index (Phi) is 5.00. The average Bonchev–Trinajstić information content (AvgIpc) is 3.34. The number of hydrogen-bond donors (Lipinski definition) is 1. The topological polar surface area (TPSA) is 59.8 Å². The number of carbonyl (C=O) groups excluding carboxylic acids is 1. The maximum absolute atomic E-state index is 13.1. The molecule has 1 unspecified atom stereocenters. The van der Waals surface area contributed by atoms with Crippen molar-refractivity contribution in [2.45, 2.75) is 43.6 Å². The van der Waals surface area contributed by atoms with Gasteiger partial charge in [0, 0.05) is 33.3 Å². The molecule has 2 aromatic heterocycles. The highest BCUT2D eigenvalue weighted by atomic mass is 35.5. The fraction of sp³-hybridized carbons (Fsp3) is 0.318. The summed E-state index contributed by atoms with van der Waals surface area (Å²) in [6.45, 7) is 4.28. The molecule has 154 valence electrons. The zero-order valence-corrected chi connectivity index (χ0v) is 19.1. The molecular weight excluding hydrogens is 436 g/mol. The predicted molar refractivity (Wildman–Crippen MR) is 122 cm³/mol. The number of allylic oxidation sites excluding steroid dienone is 2. The van der Waals surface area contributed by atoms with Crippen molar-refractivity contribution in [2.24, 2.45) is 5.41 Å². The molecular formula is C22H21ClN4OS2. The van der Waals surface area contributed by atoms with Crippen LogP contribution in [0, 0.1) is 5.41 Å². The van der Waals surface area contributed by atoms with E-state index in [9.17, 15) is 4.79 Å². The van der Waals surface area contributed by atoms with Crippen molar-refractivity contribution in [1.82, 2.24) is 14.8 Å². The Hall–Kier alpha value is -2.09. The number of hydrogen-bond acceptors (Lipinski definition) is 6. The smallest absolute Gasteiger partial charge is 0.227 e. The third-order valence-electron chi connectivity index (χ3n) is 5.44. The molecule has 1 aromatic carbocycles. The monoisotopic (exact) mass is 456 g/mol. The molecule has 0 spiro atoms. The van der Waals surface area contributed by atoms with Gasteiger partial charge in [0.05, 0.1) is 0 Å². The summed E-state index contributed by atoms with van der Waals surface area (Å²) >= 11 is 9.49. The Labute approximate surface area is 188 Å². The van der Waals surface area contributed by atoms with Crippen LogP contribution >= 0.6 is 34.7 Å². The van der Waals surface area contributed by atoms with Gasteiger partial charge in [-0.2, -0.15) is 4.98 Å². The molecule has 0 fully saturated rings. The van der Waals surface area contributed by atoms with E-state index < -0.39 is 0 Å². The van der Waals surface area contributed by atoms with E-state index in [1.807, 2.05) is 40.4 Å². The standard InChI is InChI=1S/C22H21ClN4OS2/c1-22(2)10-15-18(16(28)11-22)19(17-8-5-9-29-17)27-20(24-15)25-21(26-27)30-12-13-6-3-4-7-14(13)23/h3-9,19H,10-12H2,1-2H3,(H,24,25,26). The first kappa shape index (κ1) is 19.8. The zero-order valence-electron chi connectivity index (χ0n) is 16.7. The summed E-state index contributed by atoms with van der Waals surface area (Å²) in [4.78, 5) is 19.0. The molecule has 0 bridgehead atoms. The first-order chi connectivity index (χ1) is 14.4. The number of halogens is 1. The van der Waals surface area contributed by atoms with Crippen LogP contribution in [0.4, 0.5) is 5.95 Å². The highest BCUT2D eigenvalue weighted by Crippen LogP contribution is 2.46. The van der Waals surface area contributed by atoms with Crippen LogP contribution in [0.1, 0.15) is 43.2 Å². The van der Waals surface area contributed by atoms with Crippen LogP contribution in [-0.4, -0.2) is 20.5 Å². The Morgan fingerprint density at radius 2 is 2.10 bits per heavy atom. The molecule has 1 N–H and O–H groups in total. The third-order valence-corrected chi connectivity index (χ3v) is 7.62. The number of rotatable bonds is 4.